The number of hydrogen-bond donors (Lipinski definition) is 1. The topological polar surface area (TPSA) is 110 Å². The second-order valence-electron chi connectivity index (χ2n) is 6.39. The third kappa shape index (κ3) is 3.83. The standard InChI is InChI=1S/C21H24N4O4S/c1-5-27-14-9-8-13(10-15(14)28-6-2)18-17(20(26)29-7-3)12(4)24-21-25(18)19(23)16(11-22)30-21/h8-10,18H,5-7,23H2,1-4H3. The fourth-order valence-electron chi connectivity index (χ4n) is 3.36. The average molecular weight is 429 g/mol. The largest absolute Gasteiger partial charge is 0.490 e. The summed E-state index contributed by atoms with van der Waals surface area (Å²) in [6.45, 7) is 8.47. The monoisotopic (exact) mass is 428 g/mol. The van der Waals surface area contributed by atoms with Gasteiger partial charge in [-0.05, 0) is 57.2 Å². The van der Waals surface area contributed by atoms with Crippen LogP contribution in [0.3, 0.4) is 0 Å². The Labute approximate surface area is 180 Å². The summed E-state index contributed by atoms with van der Waals surface area (Å²) < 4.78 is 16.7. The Morgan fingerprint density at radius 3 is 2.57 bits per heavy atom. The molecule has 0 saturated carbocycles. The van der Waals surface area contributed by atoms with Crippen LogP contribution in [0.4, 0.5) is 0 Å². The van der Waals surface area contributed by atoms with E-state index in [4.69, 9.17) is 19.9 Å². The number of benzene rings is 1. The molecule has 0 radical (unpaired) electrons. The number of rotatable bonds is 7. The highest BCUT2D eigenvalue weighted by Crippen LogP contribution is 2.46. The third-order valence-electron chi connectivity index (χ3n) is 4.56. The summed E-state index contributed by atoms with van der Waals surface area (Å²) in [6.07, 6.45) is 0. The van der Waals surface area contributed by atoms with Crippen molar-refractivity contribution in [2.75, 3.05) is 19.8 Å². The van der Waals surface area contributed by atoms with Gasteiger partial charge in [0.2, 0.25) is 0 Å². The first-order valence-corrected chi connectivity index (χ1v) is 10.5. The molecule has 0 bridgehead atoms. The van der Waals surface area contributed by atoms with Crippen molar-refractivity contribution in [3.8, 4) is 17.6 Å². The van der Waals surface area contributed by atoms with Gasteiger partial charge in [-0.1, -0.05) is 6.07 Å². The van der Waals surface area contributed by atoms with Crippen LogP contribution >= 0.6 is 11.8 Å². The maximum atomic E-state index is 12.9. The summed E-state index contributed by atoms with van der Waals surface area (Å²) in [5.41, 5.74) is 7.92. The smallest absolute Gasteiger partial charge is 0.338 e. The molecule has 0 amide bonds. The normalized spacial score (nSPS) is 18.0. The zero-order valence-electron chi connectivity index (χ0n) is 17.4. The molecule has 0 aromatic heterocycles. The molecule has 1 unspecified atom stereocenters. The van der Waals surface area contributed by atoms with Crippen molar-refractivity contribution in [1.29, 1.82) is 5.26 Å². The number of nitrogens with two attached hydrogens (primary N) is 1. The van der Waals surface area contributed by atoms with E-state index in [1.807, 2.05) is 32.0 Å². The van der Waals surface area contributed by atoms with E-state index in [0.717, 1.165) is 5.56 Å². The van der Waals surface area contributed by atoms with Crippen LogP contribution in [0.5, 0.6) is 11.5 Å². The van der Waals surface area contributed by atoms with Crippen LogP contribution in [0, 0.1) is 11.3 Å². The zero-order chi connectivity index (χ0) is 21.8. The summed E-state index contributed by atoms with van der Waals surface area (Å²) in [4.78, 5) is 19.4. The van der Waals surface area contributed by atoms with Crippen molar-refractivity contribution < 1.29 is 19.0 Å². The van der Waals surface area contributed by atoms with E-state index in [1.54, 1.807) is 18.7 Å². The molecule has 30 heavy (non-hydrogen) atoms. The lowest BCUT2D eigenvalue weighted by Crippen LogP contribution is -2.38. The molecule has 158 valence electrons. The van der Waals surface area contributed by atoms with E-state index in [0.29, 0.717) is 46.1 Å². The number of ether oxygens (including phenoxy) is 3. The Balaban J connectivity index is 2.18. The quantitative estimate of drug-likeness (QED) is 0.658. The SMILES string of the molecule is CCOC(=O)C1=C(C)N=C2SC(C#N)=C(N)N2C1c1ccc(OCC)c(OCC)c1. The van der Waals surface area contributed by atoms with Crippen molar-refractivity contribution in [1.82, 2.24) is 4.90 Å². The molecule has 2 aliphatic rings. The van der Waals surface area contributed by atoms with Crippen molar-refractivity contribution in [3.05, 3.63) is 45.8 Å². The van der Waals surface area contributed by atoms with Crippen LogP contribution in [0.15, 0.2) is 45.2 Å². The van der Waals surface area contributed by atoms with Crippen molar-refractivity contribution in [2.24, 2.45) is 10.7 Å². The third-order valence-corrected chi connectivity index (χ3v) is 5.53. The summed E-state index contributed by atoms with van der Waals surface area (Å²) in [5.74, 6) is 0.963. The molecule has 2 aliphatic heterocycles. The minimum atomic E-state index is -0.607. The maximum absolute atomic E-state index is 12.9. The maximum Gasteiger partial charge on any atom is 0.338 e. The van der Waals surface area contributed by atoms with E-state index in [-0.39, 0.29) is 12.4 Å². The van der Waals surface area contributed by atoms with Gasteiger partial charge in [-0.3, -0.25) is 4.90 Å². The van der Waals surface area contributed by atoms with Crippen LogP contribution in [-0.4, -0.2) is 35.9 Å². The lowest BCUT2D eigenvalue weighted by atomic mass is 9.94. The second kappa shape index (κ2) is 9.13. The summed E-state index contributed by atoms with van der Waals surface area (Å²) in [6, 6.07) is 6.99. The van der Waals surface area contributed by atoms with Crippen molar-refractivity contribution >= 4 is 22.9 Å². The number of aliphatic imine (C=N–C) groups is 1. The van der Waals surface area contributed by atoms with Crippen molar-refractivity contribution in [2.45, 2.75) is 33.7 Å². The minimum absolute atomic E-state index is 0.232. The summed E-state index contributed by atoms with van der Waals surface area (Å²) >= 11 is 1.18. The first-order valence-electron chi connectivity index (χ1n) is 9.69. The lowest BCUT2D eigenvalue weighted by molar-refractivity contribution is -0.139. The van der Waals surface area contributed by atoms with Gasteiger partial charge >= 0.3 is 5.97 Å². The Bertz CT molecular complexity index is 993. The number of nitriles is 1. The van der Waals surface area contributed by atoms with Gasteiger partial charge in [0, 0.05) is 0 Å². The van der Waals surface area contributed by atoms with Gasteiger partial charge in [-0.15, -0.1) is 0 Å². The number of carbonyl (C=O) groups excluding carboxylic acids is 1. The van der Waals surface area contributed by atoms with E-state index in [9.17, 15) is 10.1 Å². The van der Waals surface area contributed by atoms with Crippen LogP contribution in [-0.2, 0) is 9.53 Å². The second-order valence-corrected chi connectivity index (χ2v) is 7.36. The number of amidine groups is 1. The molecule has 9 heteroatoms. The number of esters is 1. The predicted octanol–water partition coefficient (Wildman–Crippen LogP) is 3.43. The number of carbonyl (C=O) groups is 1. The van der Waals surface area contributed by atoms with Gasteiger partial charge in [0.25, 0.3) is 0 Å². The average Bonchev–Trinajstić information content (AvgIpc) is 3.04. The number of fused-ring (bicyclic) bond motifs is 1. The van der Waals surface area contributed by atoms with Gasteiger partial charge in [-0.25, -0.2) is 9.79 Å². The lowest BCUT2D eigenvalue weighted by Gasteiger charge is -2.35. The van der Waals surface area contributed by atoms with Crippen LogP contribution in [0.1, 0.15) is 39.3 Å². The van der Waals surface area contributed by atoms with Crippen molar-refractivity contribution in [3.63, 3.8) is 0 Å². The van der Waals surface area contributed by atoms with Crippen LogP contribution in [0.2, 0.25) is 0 Å². The van der Waals surface area contributed by atoms with Crippen LogP contribution < -0.4 is 15.2 Å². The van der Waals surface area contributed by atoms with Gasteiger partial charge in [0.1, 0.15) is 16.8 Å². The molecule has 8 nitrogen and oxygen atoms in total. The molecule has 2 heterocycles. The zero-order valence-corrected chi connectivity index (χ0v) is 18.2. The Morgan fingerprint density at radius 1 is 1.23 bits per heavy atom. The first kappa shape index (κ1) is 21.6. The molecule has 2 N–H and O–H groups in total. The fraction of sp³-hybridized carbons (Fsp3) is 0.381. The van der Waals surface area contributed by atoms with Crippen LogP contribution in [0.25, 0.3) is 0 Å². The summed E-state index contributed by atoms with van der Waals surface area (Å²) in [5, 5.41) is 9.99. The first-order chi connectivity index (χ1) is 14.5. The Kier molecular flexibility index (Phi) is 6.57. The summed E-state index contributed by atoms with van der Waals surface area (Å²) in [7, 11) is 0. The molecule has 0 fully saturated rings. The molecule has 1 aromatic carbocycles. The molecule has 0 saturated heterocycles. The van der Waals surface area contributed by atoms with Gasteiger partial charge < -0.3 is 19.9 Å². The highest BCUT2D eigenvalue weighted by molar-refractivity contribution is 8.17. The number of allylic oxidation sites excluding steroid dienone is 2. The van der Waals surface area contributed by atoms with Gasteiger partial charge in [0.05, 0.1) is 37.1 Å². The predicted molar refractivity (Wildman–Crippen MR) is 115 cm³/mol. The van der Waals surface area contributed by atoms with E-state index in [2.05, 4.69) is 11.1 Å². The minimum Gasteiger partial charge on any atom is -0.490 e. The molecule has 1 atom stereocenters. The molecule has 1 aromatic rings. The highest BCUT2D eigenvalue weighted by atomic mass is 32.2. The Morgan fingerprint density at radius 2 is 1.93 bits per heavy atom. The molecule has 0 spiro atoms. The molecule has 3 rings (SSSR count). The van der Waals surface area contributed by atoms with E-state index in [1.165, 1.54) is 11.8 Å². The van der Waals surface area contributed by atoms with Gasteiger partial charge in [-0.2, -0.15) is 5.26 Å². The molecular weight excluding hydrogens is 404 g/mol. The molecular formula is C21H24N4O4S. The van der Waals surface area contributed by atoms with Gasteiger partial charge in [0.15, 0.2) is 16.7 Å². The molecule has 0 aliphatic carbocycles. The number of thioether (sulfide) groups is 1. The van der Waals surface area contributed by atoms with E-state index < -0.39 is 12.0 Å². The number of nitrogens with zero attached hydrogens (tertiary/aromatic N) is 3. The van der Waals surface area contributed by atoms with E-state index >= 15 is 0 Å². The number of hydrogen-bond acceptors (Lipinski definition) is 9. The Hall–Kier alpha value is -3.12. The fourth-order valence-corrected chi connectivity index (χ4v) is 4.28. The highest BCUT2D eigenvalue weighted by Gasteiger charge is 2.42.